The van der Waals surface area contributed by atoms with Crippen LogP contribution in [-0.2, 0) is 15.1 Å². The van der Waals surface area contributed by atoms with Gasteiger partial charge in [-0.3, -0.25) is 14.5 Å². The van der Waals surface area contributed by atoms with Crippen LogP contribution in [0.1, 0.15) is 42.5 Å². The third-order valence-electron chi connectivity index (χ3n) is 5.89. The molecule has 2 N–H and O–H groups in total. The van der Waals surface area contributed by atoms with Gasteiger partial charge in [0, 0.05) is 10.0 Å². The molecule has 6 nitrogen and oxygen atoms in total. The Labute approximate surface area is 188 Å². The normalized spacial score (nSPS) is 21.7. The highest BCUT2D eigenvalue weighted by Crippen LogP contribution is 2.41. The van der Waals surface area contributed by atoms with Crippen molar-refractivity contribution >= 4 is 33.8 Å². The van der Waals surface area contributed by atoms with E-state index >= 15 is 0 Å². The molecule has 8 heteroatoms. The molecule has 2 aromatic rings. The third-order valence-corrected chi connectivity index (χ3v) is 6.55. The maximum Gasteiger partial charge on any atom is 0.325 e. The number of aryl methyl sites for hydroxylation is 1. The first kappa shape index (κ1) is 21.5. The number of nitrogens with zero attached hydrogens (tertiary/aromatic N) is 1. The molecule has 2 aromatic carbocycles. The smallest absolute Gasteiger partial charge is 0.325 e. The van der Waals surface area contributed by atoms with E-state index in [1.165, 1.54) is 18.2 Å². The lowest BCUT2D eigenvalue weighted by Gasteiger charge is -2.24. The van der Waals surface area contributed by atoms with Crippen molar-refractivity contribution in [2.75, 3.05) is 6.54 Å². The molecule has 1 saturated carbocycles. The highest BCUT2D eigenvalue weighted by Gasteiger charge is 2.50. The molecule has 1 aliphatic heterocycles. The molecule has 162 valence electrons. The van der Waals surface area contributed by atoms with E-state index in [0.717, 1.165) is 28.9 Å². The van der Waals surface area contributed by atoms with Crippen LogP contribution in [0.3, 0.4) is 0 Å². The van der Waals surface area contributed by atoms with E-state index in [2.05, 4.69) is 26.6 Å². The van der Waals surface area contributed by atoms with E-state index in [9.17, 15) is 18.8 Å². The number of rotatable bonds is 6. The van der Waals surface area contributed by atoms with Gasteiger partial charge in [0.05, 0.1) is 6.04 Å². The monoisotopic (exact) mass is 487 g/mol. The first-order valence-electron chi connectivity index (χ1n) is 10.1. The molecule has 2 fully saturated rings. The van der Waals surface area contributed by atoms with E-state index in [1.54, 1.807) is 6.92 Å². The molecule has 1 saturated heterocycles. The molecule has 4 amide bonds. The van der Waals surface area contributed by atoms with E-state index in [4.69, 9.17) is 0 Å². The summed E-state index contributed by atoms with van der Waals surface area (Å²) in [6.45, 7) is 3.17. The van der Waals surface area contributed by atoms with Gasteiger partial charge in [0.25, 0.3) is 5.91 Å². The van der Waals surface area contributed by atoms with Crippen molar-refractivity contribution in [2.24, 2.45) is 5.92 Å². The molecule has 0 radical (unpaired) electrons. The second kappa shape index (κ2) is 8.07. The molecule has 2 atom stereocenters. The van der Waals surface area contributed by atoms with Crippen molar-refractivity contribution < 1.29 is 18.8 Å². The zero-order valence-corrected chi connectivity index (χ0v) is 18.8. The molecule has 2 aliphatic rings. The summed E-state index contributed by atoms with van der Waals surface area (Å²) >= 11 is 3.26. The number of benzene rings is 2. The SMILES string of the molecule is Cc1ccc([C@H](NC(=O)CN2C(=O)N[C@](C)(c3ccc(F)cc3Br)C2=O)C2CC2)cc1. The molecule has 0 unspecified atom stereocenters. The average molecular weight is 488 g/mol. The van der Waals surface area contributed by atoms with Gasteiger partial charge in [0.2, 0.25) is 5.91 Å². The Morgan fingerprint density at radius 2 is 1.94 bits per heavy atom. The molecule has 1 heterocycles. The van der Waals surface area contributed by atoms with Crippen molar-refractivity contribution in [3.05, 3.63) is 69.4 Å². The van der Waals surface area contributed by atoms with Crippen molar-refractivity contribution in [2.45, 2.75) is 38.3 Å². The zero-order chi connectivity index (χ0) is 22.3. The molecule has 1 aliphatic carbocycles. The van der Waals surface area contributed by atoms with Crippen LogP contribution in [0.25, 0.3) is 0 Å². The lowest BCUT2D eigenvalue weighted by molar-refractivity contribution is -0.135. The van der Waals surface area contributed by atoms with Crippen LogP contribution in [0, 0.1) is 18.7 Å². The Morgan fingerprint density at radius 1 is 1.26 bits per heavy atom. The quantitative estimate of drug-likeness (QED) is 0.605. The molecular weight excluding hydrogens is 465 g/mol. The van der Waals surface area contributed by atoms with E-state index in [0.29, 0.717) is 16.0 Å². The minimum absolute atomic E-state index is 0.147. The summed E-state index contributed by atoms with van der Waals surface area (Å²) in [7, 11) is 0. The Hall–Kier alpha value is -2.74. The van der Waals surface area contributed by atoms with Gasteiger partial charge in [-0.2, -0.15) is 0 Å². The highest BCUT2D eigenvalue weighted by molar-refractivity contribution is 9.10. The Bertz CT molecular complexity index is 1050. The summed E-state index contributed by atoms with van der Waals surface area (Å²) in [6.07, 6.45) is 2.05. The lowest BCUT2D eigenvalue weighted by atomic mass is 9.92. The molecule has 0 aromatic heterocycles. The predicted molar refractivity (Wildman–Crippen MR) is 116 cm³/mol. The number of hydrogen-bond donors (Lipinski definition) is 2. The van der Waals surface area contributed by atoms with Crippen molar-refractivity contribution in [3.63, 3.8) is 0 Å². The van der Waals surface area contributed by atoms with Crippen LogP contribution in [0.15, 0.2) is 46.9 Å². The van der Waals surface area contributed by atoms with Crippen LogP contribution in [0.2, 0.25) is 0 Å². The second-order valence-corrected chi connectivity index (χ2v) is 9.22. The standard InChI is InChI=1S/C23H23BrFN3O3/c1-13-3-5-14(6-4-13)20(15-7-8-15)26-19(29)12-28-21(30)23(2,27-22(28)31)17-10-9-16(25)11-18(17)24/h3-6,9-11,15,20H,7-8,12H2,1-2H3,(H,26,29)(H,27,31)/t20-,23+/m0/s1. The van der Waals surface area contributed by atoms with Gasteiger partial charge in [0.1, 0.15) is 17.9 Å². The van der Waals surface area contributed by atoms with Gasteiger partial charge in [-0.1, -0.05) is 51.8 Å². The van der Waals surface area contributed by atoms with Crippen molar-refractivity contribution in [3.8, 4) is 0 Å². The second-order valence-electron chi connectivity index (χ2n) is 8.36. The number of imide groups is 1. The molecule has 31 heavy (non-hydrogen) atoms. The van der Waals surface area contributed by atoms with Gasteiger partial charge in [-0.15, -0.1) is 0 Å². The van der Waals surface area contributed by atoms with E-state index in [1.807, 2.05) is 31.2 Å². The van der Waals surface area contributed by atoms with Gasteiger partial charge in [-0.25, -0.2) is 9.18 Å². The minimum atomic E-state index is -1.39. The summed E-state index contributed by atoms with van der Waals surface area (Å²) < 4.78 is 13.8. The van der Waals surface area contributed by atoms with Crippen LogP contribution in [0.4, 0.5) is 9.18 Å². The zero-order valence-electron chi connectivity index (χ0n) is 17.2. The minimum Gasteiger partial charge on any atom is -0.347 e. The largest absolute Gasteiger partial charge is 0.347 e. The molecule has 4 rings (SSSR count). The van der Waals surface area contributed by atoms with Crippen LogP contribution >= 0.6 is 15.9 Å². The number of amides is 4. The maximum absolute atomic E-state index is 13.5. The maximum atomic E-state index is 13.5. The number of hydrogen-bond acceptors (Lipinski definition) is 3. The number of nitrogens with one attached hydrogen (secondary N) is 2. The fraction of sp³-hybridized carbons (Fsp3) is 0.348. The summed E-state index contributed by atoms with van der Waals surface area (Å²) in [5.74, 6) is -1.06. The topological polar surface area (TPSA) is 78.5 Å². The van der Waals surface area contributed by atoms with E-state index < -0.39 is 29.2 Å². The van der Waals surface area contributed by atoms with E-state index in [-0.39, 0.29) is 12.6 Å². The fourth-order valence-electron chi connectivity index (χ4n) is 3.96. The first-order valence-corrected chi connectivity index (χ1v) is 10.9. The fourth-order valence-corrected chi connectivity index (χ4v) is 4.70. The number of halogens is 2. The number of carbonyl (C=O) groups excluding carboxylic acids is 3. The number of urea groups is 1. The molecule has 0 spiro atoms. The van der Waals surface area contributed by atoms with Crippen molar-refractivity contribution in [1.29, 1.82) is 0 Å². The highest BCUT2D eigenvalue weighted by atomic mass is 79.9. The molecular formula is C23H23BrFN3O3. The van der Waals surface area contributed by atoms with Gasteiger partial charge < -0.3 is 10.6 Å². The van der Waals surface area contributed by atoms with Gasteiger partial charge >= 0.3 is 6.03 Å². The van der Waals surface area contributed by atoms with Gasteiger partial charge in [-0.05, 0) is 50.3 Å². The van der Waals surface area contributed by atoms with Gasteiger partial charge in [0.15, 0.2) is 0 Å². The van der Waals surface area contributed by atoms with Crippen LogP contribution < -0.4 is 10.6 Å². The summed E-state index contributed by atoms with van der Waals surface area (Å²) in [5.41, 5.74) is 1.18. The Morgan fingerprint density at radius 3 is 2.55 bits per heavy atom. The summed E-state index contributed by atoms with van der Waals surface area (Å²) in [5, 5.41) is 5.64. The van der Waals surface area contributed by atoms with Crippen molar-refractivity contribution in [1.82, 2.24) is 15.5 Å². The van der Waals surface area contributed by atoms with Crippen LogP contribution in [0.5, 0.6) is 0 Å². The van der Waals surface area contributed by atoms with Crippen LogP contribution in [-0.4, -0.2) is 29.3 Å². The predicted octanol–water partition coefficient (Wildman–Crippen LogP) is 3.93. The average Bonchev–Trinajstić information content (AvgIpc) is 3.52. The third kappa shape index (κ3) is 4.21. The molecule has 0 bridgehead atoms. The lowest BCUT2D eigenvalue weighted by Crippen LogP contribution is -2.44. The number of carbonyl (C=O) groups is 3. The summed E-state index contributed by atoms with van der Waals surface area (Å²) in [6, 6.07) is 11.1. The Kier molecular flexibility index (Phi) is 5.60. The summed E-state index contributed by atoms with van der Waals surface area (Å²) in [4.78, 5) is 39.3. The first-order chi connectivity index (χ1) is 14.7. The Balaban J connectivity index is 1.49.